The van der Waals surface area contributed by atoms with Gasteiger partial charge in [-0.15, -0.1) is 0 Å². The summed E-state index contributed by atoms with van der Waals surface area (Å²) < 4.78 is 5.17. The third kappa shape index (κ3) is 6.59. The number of likely N-dealkylation sites (tertiary alicyclic amines) is 1. The monoisotopic (exact) mass is 409 g/mol. The third-order valence-corrected chi connectivity index (χ3v) is 5.34. The Morgan fingerprint density at radius 1 is 1.13 bits per heavy atom. The molecule has 2 amide bonds. The summed E-state index contributed by atoms with van der Waals surface area (Å²) in [6, 6.07) is 12.4. The van der Waals surface area contributed by atoms with E-state index in [1.165, 1.54) is 11.8 Å². The zero-order valence-electron chi connectivity index (χ0n) is 17.8. The number of hydrogen-bond donors (Lipinski definition) is 2. The first-order valence-electron chi connectivity index (χ1n) is 10.6. The molecule has 0 bridgehead atoms. The number of benzene rings is 1. The summed E-state index contributed by atoms with van der Waals surface area (Å²) in [5.74, 6) is -0.331. The fourth-order valence-corrected chi connectivity index (χ4v) is 3.57. The Bertz CT molecular complexity index is 834. The maximum atomic E-state index is 13.0. The number of carbonyl (C=O) groups is 2. The van der Waals surface area contributed by atoms with Gasteiger partial charge in [0.05, 0.1) is 6.26 Å². The van der Waals surface area contributed by atoms with Crippen LogP contribution < -0.4 is 10.6 Å². The van der Waals surface area contributed by atoms with Crippen LogP contribution in [0.25, 0.3) is 0 Å². The van der Waals surface area contributed by atoms with Gasteiger partial charge in [0, 0.05) is 32.1 Å². The molecule has 2 N–H and O–H groups in total. The smallest absolute Gasteiger partial charge is 0.287 e. The average Bonchev–Trinajstić information content (AvgIpc) is 3.28. The van der Waals surface area contributed by atoms with Gasteiger partial charge in [0.15, 0.2) is 5.76 Å². The van der Waals surface area contributed by atoms with Gasteiger partial charge in [-0.05, 0) is 44.4 Å². The van der Waals surface area contributed by atoms with Crippen molar-refractivity contribution >= 4 is 11.8 Å². The van der Waals surface area contributed by atoms with Crippen molar-refractivity contribution in [1.29, 1.82) is 0 Å². The molecule has 1 aliphatic heterocycles. The second kappa shape index (κ2) is 10.8. The van der Waals surface area contributed by atoms with Crippen molar-refractivity contribution in [2.24, 2.45) is 0 Å². The Hall–Kier alpha value is -2.86. The first kappa shape index (κ1) is 21.8. The number of nitrogens with zero attached hydrogens (tertiary/aromatic N) is 1. The second-order valence-corrected chi connectivity index (χ2v) is 8.06. The SMILES string of the molecule is CC(C)=CCN1CCC(NC(=O)C(Cc2ccccc2)NC(=O)c2ccco2)CC1. The second-order valence-electron chi connectivity index (χ2n) is 8.06. The van der Waals surface area contributed by atoms with E-state index in [4.69, 9.17) is 4.42 Å². The number of allylic oxidation sites excluding steroid dienone is 1. The van der Waals surface area contributed by atoms with Crippen LogP contribution >= 0.6 is 0 Å². The molecule has 30 heavy (non-hydrogen) atoms. The summed E-state index contributed by atoms with van der Waals surface area (Å²) in [5, 5.41) is 5.98. The number of furan rings is 1. The van der Waals surface area contributed by atoms with Crippen molar-refractivity contribution in [2.75, 3.05) is 19.6 Å². The highest BCUT2D eigenvalue weighted by atomic mass is 16.3. The quantitative estimate of drug-likeness (QED) is 0.657. The Kier molecular flexibility index (Phi) is 7.85. The van der Waals surface area contributed by atoms with Gasteiger partial charge in [-0.1, -0.05) is 42.0 Å². The Morgan fingerprint density at radius 3 is 2.50 bits per heavy atom. The zero-order chi connectivity index (χ0) is 21.3. The van der Waals surface area contributed by atoms with E-state index in [1.54, 1.807) is 12.1 Å². The van der Waals surface area contributed by atoms with Gasteiger partial charge >= 0.3 is 0 Å². The predicted molar refractivity (Wildman–Crippen MR) is 117 cm³/mol. The van der Waals surface area contributed by atoms with Gasteiger partial charge in [-0.3, -0.25) is 14.5 Å². The summed E-state index contributed by atoms with van der Waals surface area (Å²) >= 11 is 0. The van der Waals surface area contributed by atoms with Crippen LogP contribution in [-0.4, -0.2) is 48.4 Å². The molecule has 1 aromatic carbocycles. The van der Waals surface area contributed by atoms with Crippen LogP contribution in [0.3, 0.4) is 0 Å². The normalized spacial score (nSPS) is 15.9. The number of amides is 2. The molecule has 1 aromatic heterocycles. The molecule has 1 atom stereocenters. The minimum atomic E-state index is -0.659. The molecular formula is C24H31N3O3. The molecule has 2 aromatic rings. The number of nitrogens with one attached hydrogen (secondary N) is 2. The summed E-state index contributed by atoms with van der Waals surface area (Å²) in [4.78, 5) is 27.9. The van der Waals surface area contributed by atoms with E-state index in [1.807, 2.05) is 30.3 Å². The molecule has 2 heterocycles. The molecule has 1 fully saturated rings. The van der Waals surface area contributed by atoms with Crippen molar-refractivity contribution in [1.82, 2.24) is 15.5 Å². The van der Waals surface area contributed by atoms with E-state index in [0.717, 1.165) is 38.0 Å². The van der Waals surface area contributed by atoms with Crippen LogP contribution in [-0.2, 0) is 11.2 Å². The molecular weight excluding hydrogens is 378 g/mol. The summed E-state index contributed by atoms with van der Waals surface area (Å²) in [7, 11) is 0. The van der Waals surface area contributed by atoms with Crippen LogP contribution in [0.4, 0.5) is 0 Å². The first-order chi connectivity index (χ1) is 14.5. The fraction of sp³-hybridized carbons (Fsp3) is 0.417. The first-order valence-corrected chi connectivity index (χ1v) is 10.6. The lowest BCUT2D eigenvalue weighted by atomic mass is 10.0. The Morgan fingerprint density at radius 2 is 1.87 bits per heavy atom. The van der Waals surface area contributed by atoms with Gasteiger partial charge < -0.3 is 15.1 Å². The maximum Gasteiger partial charge on any atom is 0.287 e. The van der Waals surface area contributed by atoms with Crippen LogP contribution in [0.1, 0.15) is 42.8 Å². The van der Waals surface area contributed by atoms with Crippen molar-refractivity contribution in [3.63, 3.8) is 0 Å². The Labute approximate surface area is 178 Å². The van der Waals surface area contributed by atoms with Crippen molar-refractivity contribution < 1.29 is 14.0 Å². The topological polar surface area (TPSA) is 74.6 Å². The highest BCUT2D eigenvalue weighted by Gasteiger charge is 2.26. The standard InChI is InChI=1S/C24H31N3O3/c1-18(2)10-13-27-14-11-20(12-15-27)25-23(28)21(17-19-7-4-3-5-8-19)26-24(29)22-9-6-16-30-22/h3-10,16,20-21H,11-15,17H2,1-2H3,(H,25,28)(H,26,29). The molecule has 6 heteroatoms. The van der Waals surface area contributed by atoms with Crippen LogP contribution in [0.5, 0.6) is 0 Å². The minimum Gasteiger partial charge on any atom is -0.459 e. The minimum absolute atomic E-state index is 0.124. The van der Waals surface area contributed by atoms with Gasteiger partial charge in [0.2, 0.25) is 5.91 Å². The van der Waals surface area contributed by atoms with Crippen LogP contribution in [0, 0.1) is 0 Å². The Balaban J connectivity index is 1.59. The lowest BCUT2D eigenvalue weighted by molar-refractivity contribution is -0.124. The van der Waals surface area contributed by atoms with Crippen molar-refractivity contribution in [3.05, 3.63) is 71.7 Å². The van der Waals surface area contributed by atoms with Crippen LogP contribution in [0.2, 0.25) is 0 Å². The summed E-state index contributed by atoms with van der Waals surface area (Å²) in [6.45, 7) is 7.08. The highest BCUT2D eigenvalue weighted by molar-refractivity contribution is 5.95. The summed E-state index contributed by atoms with van der Waals surface area (Å²) in [5.41, 5.74) is 2.32. The van der Waals surface area contributed by atoms with E-state index in [9.17, 15) is 9.59 Å². The number of hydrogen-bond acceptors (Lipinski definition) is 4. The maximum absolute atomic E-state index is 13.0. The molecule has 3 rings (SSSR count). The largest absolute Gasteiger partial charge is 0.459 e. The van der Waals surface area contributed by atoms with Crippen LogP contribution in [0.15, 0.2) is 64.8 Å². The van der Waals surface area contributed by atoms with Gasteiger partial charge in [-0.25, -0.2) is 0 Å². The molecule has 0 aliphatic carbocycles. The number of rotatable bonds is 8. The van der Waals surface area contributed by atoms with Crippen molar-refractivity contribution in [2.45, 2.75) is 45.2 Å². The molecule has 0 radical (unpaired) electrons. The lowest BCUT2D eigenvalue weighted by Crippen LogP contribution is -2.52. The third-order valence-electron chi connectivity index (χ3n) is 5.34. The van der Waals surface area contributed by atoms with Gasteiger partial charge in [-0.2, -0.15) is 0 Å². The van der Waals surface area contributed by atoms with E-state index >= 15 is 0 Å². The average molecular weight is 410 g/mol. The molecule has 0 spiro atoms. The number of piperidine rings is 1. The molecule has 1 saturated heterocycles. The zero-order valence-corrected chi connectivity index (χ0v) is 17.8. The van der Waals surface area contributed by atoms with E-state index in [2.05, 4.69) is 35.5 Å². The fourth-order valence-electron chi connectivity index (χ4n) is 3.57. The highest BCUT2D eigenvalue weighted by Crippen LogP contribution is 2.12. The van der Waals surface area contributed by atoms with E-state index in [0.29, 0.717) is 6.42 Å². The van der Waals surface area contributed by atoms with E-state index < -0.39 is 6.04 Å². The molecule has 0 saturated carbocycles. The summed E-state index contributed by atoms with van der Waals surface area (Å²) in [6.07, 6.45) is 5.93. The molecule has 1 unspecified atom stereocenters. The molecule has 160 valence electrons. The van der Waals surface area contributed by atoms with E-state index in [-0.39, 0.29) is 23.6 Å². The molecule has 6 nitrogen and oxygen atoms in total. The van der Waals surface area contributed by atoms with Gasteiger partial charge in [0.1, 0.15) is 6.04 Å². The predicted octanol–water partition coefficient (Wildman–Crippen LogP) is 3.17. The molecule has 1 aliphatic rings. The number of carbonyl (C=O) groups excluding carboxylic acids is 2. The van der Waals surface area contributed by atoms with Gasteiger partial charge in [0.25, 0.3) is 5.91 Å². The lowest BCUT2D eigenvalue weighted by Gasteiger charge is -2.32. The van der Waals surface area contributed by atoms with Crippen molar-refractivity contribution in [3.8, 4) is 0 Å².